The van der Waals surface area contributed by atoms with Crippen LogP contribution < -0.4 is 15.6 Å². The van der Waals surface area contributed by atoms with Crippen LogP contribution in [0.4, 0.5) is 5.69 Å². The molecule has 0 radical (unpaired) electrons. The van der Waals surface area contributed by atoms with Crippen LogP contribution in [0.2, 0.25) is 5.02 Å². The lowest BCUT2D eigenvalue weighted by molar-refractivity contribution is -0.116. The monoisotopic (exact) mass is 460 g/mol. The number of nitrogens with zero attached hydrogens (tertiary/aromatic N) is 1. The predicted octanol–water partition coefficient (Wildman–Crippen LogP) is 3.60. The maximum atomic E-state index is 13.1. The number of hydrogen-bond donors (Lipinski definition) is 1. The molecular formula is C22H21ClN2O5S. The molecule has 0 fully saturated rings. The lowest BCUT2D eigenvalue weighted by Crippen LogP contribution is -2.33. The van der Waals surface area contributed by atoms with Gasteiger partial charge in [0, 0.05) is 22.5 Å². The first-order valence-electron chi connectivity index (χ1n) is 9.29. The Kier molecular flexibility index (Phi) is 6.52. The van der Waals surface area contributed by atoms with Crippen LogP contribution in [0, 0.1) is 13.8 Å². The minimum Gasteiger partial charge on any atom is -0.497 e. The number of rotatable bonds is 6. The zero-order chi connectivity index (χ0) is 22.8. The van der Waals surface area contributed by atoms with Crippen LogP contribution in [0.15, 0.2) is 69.2 Å². The minimum atomic E-state index is -4.10. The normalized spacial score (nSPS) is 11.2. The number of benzene rings is 2. The second-order valence-electron chi connectivity index (χ2n) is 6.93. The van der Waals surface area contributed by atoms with Gasteiger partial charge in [-0.05, 0) is 61.9 Å². The van der Waals surface area contributed by atoms with E-state index in [1.54, 1.807) is 44.2 Å². The molecule has 1 heterocycles. The van der Waals surface area contributed by atoms with Crippen molar-refractivity contribution in [3.05, 3.63) is 81.2 Å². The number of halogens is 1. The Morgan fingerprint density at radius 3 is 2.42 bits per heavy atom. The molecule has 0 unspecified atom stereocenters. The first kappa shape index (κ1) is 22.6. The molecule has 7 nitrogen and oxygen atoms in total. The number of amides is 1. The Balaban J connectivity index is 1.98. The van der Waals surface area contributed by atoms with Crippen molar-refractivity contribution in [2.75, 3.05) is 12.4 Å². The Bertz CT molecular complexity index is 1300. The van der Waals surface area contributed by atoms with Gasteiger partial charge in [0.05, 0.1) is 12.0 Å². The van der Waals surface area contributed by atoms with Gasteiger partial charge in [-0.3, -0.25) is 9.59 Å². The van der Waals surface area contributed by atoms with Crippen LogP contribution in [-0.4, -0.2) is 26.0 Å². The van der Waals surface area contributed by atoms with Gasteiger partial charge in [-0.15, -0.1) is 0 Å². The summed E-state index contributed by atoms with van der Waals surface area (Å²) in [5.41, 5.74) is 0.518. The summed E-state index contributed by atoms with van der Waals surface area (Å²) in [4.78, 5) is 25.3. The van der Waals surface area contributed by atoms with Crippen molar-refractivity contribution in [1.82, 2.24) is 4.57 Å². The molecule has 9 heteroatoms. The largest absolute Gasteiger partial charge is 0.497 e. The molecule has 0 atom stereocenters. The molecule has 31 heavy (non-hydrogen) atoms. The van der Waals surface area contributed by atoms with Gasteiger partial charge in [0.1, 0.15) is 17.2 Å². The predicted molar refractivity (Wildman–Crippen MR) is 119 cm³/mol. The van der Waals surface area contributed by atoms with E-state index in [0.29, 0.717) is 27.7 Å². The number of hydrogen-bond acceptors (Lipinski definition) is 5. The van der Waals surface area contributed by atoms with Crippen LogP contribution >= 0.6 is 11.6 Å². The zero-order valence-electron chi connectivity index (χ0n) is 17.2. The summed E-state index contributed by atoms with van der Waals surface area (Å²) in [6.45, 7) is 2.86. The van der Waals surface area contributed by atoms with Crippen LogP contribution in [-0.2, 0) is 21.2 Å². The van der Waals surface area contributed by atoms with Crippen molar-refractivity contribution in [2.24, 2.45) is 0 Å². The van der Waals surface area contributed by atoms with E-state index in [9.17, 15) is 18.0 Å². The summed E-state index contributed by atoms with van der Waals surface area (Å²) in [5, 5.41) is 3.07. The highest BCUT2D eigenvalue weighted by molar-refractivity contribution is 7.91. The Hall–Kier alpha value is -3.10. The van der Waals surface area contributed by atoms with E-state index < -0.39 is 21.3 Å². The van der Waals surface area contributed by atoms with E-state index in [2.05, 4.69) is 5.32 Å². The Morgan fingerprint density at radius 1 is 1.10 bits per heavy atom. The molecule has 0 spiro atoms. The average molecular weight is 461 g/mol. The van der Waals surface area contributed by atoms with Gasteiger partial charge in [0.25, 0.3) is 5.56 Å². The Morgan fingerprint density at radius 2 is 1.77 bits per heavy atom. The molecule has 0 saturated heterocycles. The zero-order valence-corrected chi connectivity index (χ0v) is 18.8. The highest BCUT2D eigenvalue weighted by Gasteiger charge is 2.26. The van der Waals surface area contributed by atoms with Crippen molar-refractivity contribution in [1.29, 1.82) is 0 Å². The van der Waals surface area contributed by atoms with Crippen LogP contribution in [0.5, 0.6) is 5.75 Å². The number of nitrogens with one attached hydrogen (secondary N) is 1. The lowest BCUT2D eigenvalue weighted by atomic mass is 10.2. The van der Waals surface area contributed by atoms with E-state index in [-0.39, 0.29) is 16.3 Å². The highest BCUT2D eigenvalue weighted by Crippen LogP contribution is 2.23. The van der Waals surface area contributed by atoms with Crippen molar-refractivity contribution in [3.63, 3.8) is 0 Å². The molecular weight excluding hydrogens is 440 g/mol. The molecule has 0 aliphatic heterocycles. The number of aromatic nitrogens is 1. The summed E-state index contributed by atoms with van der Waals surface area (Å²) < 4.78 is 32.5. The molecule has 0 bridgehead atoms. The maximum Gasteiger partial charge on any atom is 0.270 e. The molecule has 0 aliphatic rings. The van der Waals surface area contributed by atoms with Crippen molar-refractivity contribution < 1.29 is 17.9 Å². The molecule has 1 N–H and O–H groups in total. The fourth-order valence-corrected chi connectivity index (χ4v) is 4.89. The smallest absolute Gasteiger partial charge is 0.270 e. The number of methoxy groups -OCH3 is 1. The Labute approximate surface area is 185 Å². The maximum absolute atomic E-state index is 13.1. The number of aryl methyl sites for hydroxylation is 2. The summed E-state index contributed by atoms with van der Waals surface area (Å²) in [7, 11) is -2.59. The van der Waals surface area contributed by atoms with Crippen molar-refractivity contribution >= 4 is 33.0 Å². The minimum absolute atomic E-state index is 0.0478. The third kappa shape index (κ3) is 4.81. The topological polar surface area (TPSA) is 94.5 Å². The van der Waals surface area contributed by atoms with Gasteiger partial charge in [-0.2, -0.15) is 0 Å². The molecule has 3 rings (SSSR count). The summed E-state index contributed by atoms with van der Waals surface area (Å²) >= 11 is 5.85. The standard InChI is InChI=1S/C22H21ClN2O5S/c1-14-11-15(2)25(13-20(26)24-17-5-4-6-18(12-17)30-3)22(27)21(14)31(28,29)19-9-7-16(23)8-10-19/h4-12H,13H2,1-3H3,(H,24,26). The van der Waals surface area contributed by atoms with E-state index in [4.69, 9.17) is 16.3 Å². The highest BCUT2D eigenvalue weighted by atomic mass is 35.5. The van der Waals surface area contributed by atoms with Crippen LogP contribution in [0.1, 0.15) is 11.3 Å². The first-order valence-corrected chi connectivity index (χ1v) is 11.1. The van der Waals surface area contributed by atoms with Gasteiger partial charge in [-0.1, -0.05) is 17.7 Å². The molecule has 1 aromatic heterocycles. The number of pyridine rings is 1. The second-order valence-corrected chi connectivity index (χ2v) is 9.25. The molecule has 2 aromatic carbocycles. The van der Waals surface area contributed by atoms with Gasteiger partial charge in [0.2, 0.25) is 15.7 Å². The van der Waals surface area contributed by atoms with E-state index in [1.807, 2.05) is 0 Å². The number of anilines is 1. The molecule has 0 aliphatic carbocycles. The van der Waals surface area contributed by atoms with E-state index >= 15 is 0 Å². The molecule has 162 valence electrons. The molecule has 1 amide bonds. The van der Waals surface area contributed by atoms with Gasteiger partial charge < -0.3 is 14.6 Å². The van der Waals surface area contributed by atoms with Gasteiger partial charge in [0.15, 0.2) is 0 Å². The van der Waals surface area contributed by atoms with Crippen LogP contribution in [0.3, 0.4) is 0 Å². The third-order valence-corrected chi connectivity index (χ3v) is 6.88. The second kappa shape index (κ2) is 8.95. The van der Waals surface area contributed by atoms with Gasteiger partial charge >= 0.3 is 0 Å². The molecule has 0 saturated carbocycles. The number of carbonyl (C=O) groups excluding carboxylic acids is 1. The fraction of sp³-hybridized carbons (Fsp3) is 0.182. The number of carbonyl (C=O) groups is 1. The number of sulfone groups is 1. The van der Waals surface area contributed by atoms with Crippen LogP contribution in [0.25, 0.3) is 0 Å². The van der Waals surface area contributed by atoms with E-state index in [1.165, 1.54) is 31.4 Å². The first-order chi connectivity index (χ1) is 14.6. The summed E-state index contributed by atoms with van der Waals surface area (Å²) in [6, 6.07) is 13.9. The third-order valence-electron chi connectivity index (χ3n) is 4.70. The lowest BCUT2D eigenvalue weighted by Gasteiger charge is -2.15. The summed E-state index contributed by atoms with van der Waals surface area (Å²) in [5.74, 6) is 0.0926. The van der Waals surface area contributed by atoms with Crippen molar-refractivity contribution in [3.8, 4) is 5.75 Å². The average Bonchev–Trinajstić information content (AvgIpc) is 2.71. The fourth-order valence-electron chi connectivity index (χ4n) is 3.21. The quantitative estimate of drug-likeness (QED) is 0.606. The number of ether oxygens (including phenoxy) is 1. The SMILES string of the molecule is COc1cccc(NC(=O)Cn2c(C)cc(C)c(S(=O)(=O)c3ccc(Cl)cc3)c2=O)c1. The molecule has 3 aromatic rings. The summed E-state index contributed by atoms with van der Waals surface area (Å²) in [6.07, 6.45) is 0. The van der Waals surface area contributed by atoms with E-state index in [0.717, 1.165) is 4.57 Å². The van der Waals surface area contributed by atoms with Crippen molar-refractivity contribution in [2.45, 2.75) is 30.2 Å². The van der Waals surface area contributed by atoms with Gasteiger partial charge in [-0.25, -0.2) is 8.42 Å².